The fraction of sp³-hybridized carbons (Fsp3) is 0.500. The maximum atomic E-state index is 14.6. The number of alkyl halides is 1. The third kappa shape index (κ3) is 9.52. The molecule has 3 aromatic carbocycles. The third-order valence-corrected chi connectivity index (χ3v) is 12.5. The van der Waals surface area contributed by atoms with Crippen LogP contribution in [0, 0.1) is 31.6 Å². The molecule has 328 valence electrons. The molecule has 4 aliphatic rings. The number of halogens is 1. The molecule has 13 heteroatoms. The zero-order valence-electron chi connectivity index (χ0n) is 35.5. The van der Waals surface area contributed by atoms with Crippen molar-refractivity contribution in [1.29, 1.82) is 0 Å². The maximum Gasteiger partial charge on any atom is 0.410 e. The van der Waals surface area contributed by atoms with E-state index in [-0.39, 0.29) is 69.8 Å². The van der Waals surface area contributed by atoms with Crippen molar-refractivity contribution < 1.29 is 48.3 Å². The number of carbonyl (C=O) groups is 1. The molecule has 2 aliphatic carbocycles. The fourth-order valence-electron chi connectivity index (χ4n) is 9.51. The standard InChI is InChI=1S/C48H59ClN2O10/c1-5-22-58-48-44(51(47(54)55-23-19-49)29-33-14-17-42-43(25-33)57-30-56-42)28-40(50-59-6-2)38-26-34(11-7-9-20-52)37(12-8-10-21-53)45(46(38)48)39-27-36(16-18-41(39)61-48)60-35-15-13-31(3)32(4)24-35/h5,13-18,24-27,34,37,44-46,52-53H,1,6-12,19-23,28-30H2,2-4H3. The average Bonchev–Trinajstić information content (AvgIpc) is 3.74. The number of amides is 1. The van der Waals surface area contributed by atoms with Gasteiger partial charge < -0.3 is 43.5 Å². The van der Waals surface area contributed by atoms with Gasteiger partial charge >= 0.3 is 6.09 Å². The second-order valence-electron chi connectivity index (χ2n) is 16.2. The average molecular weight is 859 g/mol. The van der Waals surface area contributed by atoms with E-state index >= 15 is 0 Å². The summed E-state index contributed by atoms with van der Waals surface area (Å²) in [4.78, 5) is 22.1. The number of hydrogen-bond donors (Lipinski definition) is 2. The second kappa shape index (κ2) is 20.4. The van der Waals surface area contributed by atoms with Crippen LogP contribution >= 0.6 is 11.6 Å². The molecule has 2 aliphatic heterocycles. The van der Waals surface area contributed by atoms with Crippen molar-refractivity contribution in [3.63, 3.8) is 0 Å². The van der Waals surface area contributed by atoms with Crippen LogP contribution in [0.5, 0.6) is 28.7 Å². The van der Waals surface area contributed by atoms with Crippen LogP contribution in [-0.4, -0.2) is 84.5 Å². The Bertz CT molecular complexity index is 2070. The smallest absolute Gasteiger partial charge is 0.410 e. The monoisotopic (exact) mass is 858 g/mol. The first-order valence-corrected chi connectivity index (χ1v) is 22.1. The van der Waals surface area contributed by atoms with Gasteiger partial charge in [-0.1, -0.05) is 42.3 Å². The highest BCUT2D eigenvalue weighted by atomic mass is 35.5. The summed E-state index contributed by atoms with van der Waals surface area (Å²) >= 11 is 6.10. The lowest BCUT2D eigenvalue weighted by Gasteiger charge is -2.59. The molecular formula is C48H59ClN2O10. The molecule has 0 aromatic heterocycles. The number of benzene rings is 3. The first-order chi connectivity index (χ1) is 29.7. The first kappa shape index (κ1) is 44.3. The maximum absolute atomic E-state index is 14.6. The lowest BCUT2D eigenvalue weighted by Crippen LogP contribution is -2.70. The van der Waals surface area contributed by atoms with Crippen LogP contribution < -0.4 is 18.9 Å². The molecule has 3 aromatic rings. The Labute approximate surface area is 364 Å². The Morgan fingerprint density at radius 2 is 1.72 bits per heavy atom. The fourth-order valence-corrected chi connectivity index (χ4v) is 9.59. The highest BCUT2D eigenvalue weighted by Crippen LogP contribution is 2.62. The Morgan fingerprint density at radius 3 is 2.48 bits per heavy atom. The minimum absolute atomic E-state index is 0.00220. The number of aliphatic hydroxyl groups is 2. The second-order valence-corrected chi connectivity index (χ2v) is 16.5. The van der Waals surface area contributed by atoms with Crippen molar-refractivity contribution in [2.24, 2.45) is 22.9 Å². The summed E-state index contributed by atoms with van der Waals surface area (Å²) in [5.74, 6) is 1.27. The van der Waals surface area contributed by atoms with Gasteiger partial charge in [0, 0.05) is 37.7 Å². The summed E-state index contributed by atoms with van der Waals surface area (Å²) in [5, 5.41) is 24.7. The summed E-state index contributed by atoms with van der Waals surface area (Å²) in [5.41, 5.74) is 5.68. The number of ether oxygens (including phenoxy) is 6. The van der Waals surface area contributed by atoms with Crippen molar-refractivity contribution in [2.75, 3.05) is 45.7 Å². The molecule has 12 nitrogen and oxygen atoms in total. The molecule has 2 heterocycles. The van der Waals surface area contributed by atoms with Crippen LogP contribution in [0.15, 0.2) is 84.1 Å². The minimum atomic E-state index is -1.47. The zero-order valence-corrected chi connectivity index (χ0v) is 36.2. The number of hydrogen-bond acceptors (Lipinski definition) is 11. The molecule has 1 amide bonds. The van der Waals surface area contributed by atoms with E-state index in [1.807, 2.05) is 49.4 Å². The van der Waals surface area contributed by atoms with Gasteiger partial charge in [0.1, 0.15) is 36.5 Å². The first-order valence-electron chi connectivity index (χ1n) is 21.6. The van der Waals surface area contributed by atoms with E-state index in [0.717, 1.165) is 53.7 Å². The highest BCUT2D eigenvalue weighted by molar-refractivity contribution is 6.18. The number of allylic oxidation sites excluding steroid dienone is 1. The SMILES string of the molecule is C=CCOC12Oc3ccc(Oc4ccc(C)c(C)c4)cc3C3C(CCCCO)C(CCCCO)C=C(C(=NOCC)CC1N(Cc1ccc4c(c1)OCO4)C(=O)OCCCl)C32. The number of rotatable bonds is 20. The molecule has 1 fully saturated rings. The predicted octanol–water partition coefficient (Wildman–Crippen LogP) is 9.36. The number of nitrogens with zero attached hydrogens (tertiary/aromatic N) is 2. The van der Waals surface area contributed by atoms with E-state index in [0.29, 0.717) is 48.2 Å². The highest BCUT2D eigenvalue weighted by Gasteiger charge is 2.65. The number of carbonyl (C=O) groups excluding carboxylic acids is 1. The van der Waals surface area contributed by atoms with E-state index in [1.54, 1.807) is 11.0 Å². The van der Waals surface area contributed by atoms with Gasteiger partial charge in [-0.05, 0) is 123 Å². The van der Waals surface area contributed by atoms with Gasteiger partial charge in [-0.2, -0.15) is 0 Å². The Morgan fingerprint density at radius 1 is 0.967 bits per heavy atom. The van der Waals surface area contributed by atoms with Crippen molar-refractivity contribution in [2.45, 2.75) is 90.0 Å². The summed E-state index contributed by atoms with van der Waals surface area (Å²) in [6, 6.07) is 16.8. The van der Waals surface area contributed by atoms with Crippen LogP contribution in [0.4, 0.5) is 4.79 Å². The van der Waals surface area contributed by atoms with Gasteiger partial charge in [-0.25, -0.2) is 4.79 Å². The van der Waals surface area contributed by atoms with Crippen LogP contribution in [0.1, 0.15) is 80.0 Å². The van der Waals surface area contributed by atoms with Crippen molar-refractivity contribution in [3.05, 3.63) is 101 Å². The van der Waals surface area contributed by atoms with E-state index in [4.69, 9.17) is 50.0 Å². The number of unbranched alkanes of at least 4 members (excludes halogenated alkanes) is 2. The van der Waals surface area contributed by atoms with E-state index < -0.39 is 23.8 Å². The summed E-state index contributed by atoms with van der Waals surface area (Å²) in [6.07, 6.45) is 8.23. The molecule has 0 saturated heterocycles. The lowest BCUT2D eigenvalue weighted by atomic mass is 9.55. The summed E-state index contributed by atoms with van der Waals surface area (Å²) < 4.78 is 38.2. The van der Waals surface area contributed by atoms with Gasteiger partial charge in [-0.15, -0.1) is 18.2 Å². The van der Waals surface area contributed by atoms with Crippen molar-refractivity contribution >= 4 is 23.4 Å². The molecule has 6 atom stereocenters. The van der Waals surface area contributed by atoms with E-state index in [1.165, 1.54) is 5.56 Å². The Hall–Kier alpha value is -4.75. The largest absolute Gasteiger partial charge is 0.459 e. The van der Waals surface area contributed by atoms with Crippen LogP contribution in [0.25, 0.3) is 0 Å². The number of aryl methyl sites for hydroxylation is 2. The van der Waals surface area contributed by atoms with Gasteiger partial charge in [0.15, 0.2) is 11.5 Å². The predicted molar refractivity (Wildman–Crippen MR) is 233 cm³/mol. The van der Waals surface area contributed by atoms with Crippen molar-refractivity contribution in [3.8, 4) is 28.7 Å². The molecule has 61 heavy (non-hydrogen) atoms. The Kier molecular flexibility index (Phi) is 14.8. The molecule has 2 N–H and O–H groups in total. The molecular weight excluding hydrogens is 800 g/mol. The van der Waals surface area contributed by atoms with Gasteiger partial charge in [0.05, 0.1) is 24.1 Å². The molecule has 1 saturated carbocycles. The molecule has 0 spiro atoms. The number of fused-ring (bicyclic) bond motifs is 3. The third-order valence-electron chi connectivity index (χ3n) is 12.4. The normalized spacial score (nSPS) is 23.9. The van der Waals surface area contributed by atoms with Crippen molar-refractivity contribution in [1.82, 2.24) is 4.90 Å². The lowest BCUT2D eigenvalue weighted by molar-refractivity contribution is -0.256. The molecule has 0 bridgehead atoms. The van der Waals surface area contributed by atoms with Gasteiger partial charge in [0.25, 0.3) is 0 Å². The van der Waals surface area contributed by atoms with E-state index in [9.17, 15) is 15.0 Å². The summed E-state index contributed by atoms with van der Waals surface area (Å²) in [6.45, 7) is 11.0. The number of aliphatic hydroxyl groups excluding tert-OH is 2. The topological polar surface area (TPSA) is 138 Å². The minimum Gasteiger partial charge on any atom is -0.459 e. The van der Waals surface area contributed by atoms with E-state index in [2.05, 4.69) is 38.6 Å². The van der Waals surface area contributed by atoms with Crippen LogP contribution in [-0.2, 0) is 20.9 Å². The van der Waals surface area contributed by atoms with Gasteiger partial charge in [0.2, 0.25) is 12.6 Å². The summed E-state index contributed by atoms with van der Waals surface area (Å²) in [7, 11) is 0. The van der Waals surface area contributed by atoms with Crippen LogP contribution in [0.3, 0.4) is 0 Å². The Balaban J connectivity index is 1.44. The van der Waals surface area contributed by atoms with Crippen LogP contribution in [0.2, 0.25) is 0 Å². The number of oxime groups is 1. The quantitative estimate of drug-likeness (QED) is 0.0490. The van der Waals surface area contributed by atoms with Gasteiger partial charge in [-0.3, -0.25) is 4.90 Å². The molecule has 0 radical (unpaired) electrons. The molecule has 7 rings (SSSR count). The zero-order chi connectivity index (χ0) is 42.9. The molecule has 6 unspecified atom stereocenters.